The van der Waals surface area contributed by atoms with E-state index in [4.69, 9.17) is 16.3 Å². The Balaban J connectivity index is 2.12. The van der Waals surface area contributed by atoms with Crippen LogP contribution in [0.5, 0.6) is 0 Å². The second-order valence-electron chi connectivity index (χ2n) is 4.13. The third kappa shape index (κ3) is 1.07. The van der Waals surface area contributed by atoms with Crippen LogP contribution in [0.3, 0.4) is 0 Å². The predicted octanol–water partition coefficient (Wildman–Crippen LogP) is 2.42. The molecule has 1 aromatic carbocycles. The predicted molar refractivity (Wildman–Crippen MR) is 57.1 cm³/mol. The molecule has 2 aliphatic heterocycles. The third-order valence-electron chi connectivity index (χ3n) is 3.27. The van der Waals surface area contributed by atoms with E-state index in [1.165, 1.54) is 11.3 Å². The summed E-state index contributed by atoms with van der Waals surface area (Å²) in [5.74, 6) is 0. The Bertz CT molecular complexity index is 372. The standard InChI is InChI=1S/C11H12ClNO/c12-8-1-2-10-9(5-8)11(6-13-10)3-4-14-7-11/h1-2,5,13H,3-4,6-7H2. The molecule has 1 unspecified atom stereocenters. The van der Waals surface area contributed by atoms with Gasteiger partial charge in [-0.1, -0.05) is 11.6 Å². The molecule has 3 heteroatoms. The molecular weight excluding hydrogens is 198 g/mol. The van der Waals surface area contributed by atoms with E-state index in [1.54, 1.807) is 0 Å². The molecule has 0 amide bonds. The van der Waals surface area contributed by atoms with Crippen LogP contribution in [0.1, 0.15) is 12.0 Å². The Kier molecular flexibility index (Phi) is 1.76. The molecule has 3 rings (SSSR count). The summed E-state index contributed by atoms with van der Waals surface area (Å²) in [5, 5.41) is 4.24. The van der Waals surface area contributed by atoms with Gasteiger partial charge in [0.2, 0.25) is 0 Å². The lowest BCUT2D eigenvalue weighted by atomic mass is 9.82. The van der Waals surface area contributed by atoms with Crippen molar-refractivity contribution in [2.45, 2.75) is 11.8 Å². The second kappa shape index (κ2) is 2.88. The second-order valence-corrected chi connectivity index (χ2v) is 4.56. The zero-order valence-electron chi connectivity index (χ0n) is 7.85. The maximum Gasteiger partial charge on any atom is 0.0581 e. The number of benzene rings is 1. The number of rotatable bonds is 0. The van der Waals surface area contributed by atoms with Gasteiger partial charge < -0.3 is 10.1 Å². The van der Waals surface area contributed by atoms with Crippen LogP contribution in [0.4, 0.5) is 5.69 Å². The van der Waals surface area contributed by atoms with Crippen LogP contribution >= 0.6 is 11.6 Å². The Morgan fingerprint density at radius 3 is 3.14 bits per heavy atom. The molecule has 2 aliphatic rings. The van der Waals surface area contributed by atoms with Crippen LogP contribution in [-0.4, -0.2) is 19.8 Å². The quantitative estimate of drug-likeness (QED) is 0.709. The number of hydrogen-bond acceptors (Lipinski definition) is 2. The molecule has 0 bridgehead atoms. The van der Waals surface area contributed by atoms with Crippen LogP contribution in [0, 0.1) is 0 Å². The van der Waals surface area contributed by atoms with Gasteiger partial charge in [-0.15, -0.1) is 0 Å². The fourth-order valence-electron chi connectivity index (χ4n) is 2.43. The number of anilines is 1. The zero-order chi connectivity index (χ0) is 9.60. The Labute approximate surface area is 88.2 Å². The third-order valence-corrected chi connectivity index (χ3v) is 3.51. The monoisotopic (exact) mass is 209 g/mol. The molecule has 0 aromatic heterocycles. The van der Waals surface area contributed by atoms with E-state index in [0.717, 1.165) is 31.2 Å². The Hall–Kier alpha value is -0.730. The van der Waals surface area contributed by atoms with Crippen LogP contribution in [0.15, 0.2) is 18.2 Å². The summed E-state index contributed by atoms with van der Waals surface area (Å²) in [5.41, 5.74) is 2.75. The molecule has 1 N–H and O–H groups in total. The lowest BCUT2D eigenvalue weighted by molar-refractivity contribution is 0.181. The molecule has 1 spiro atoms. The molecule has 1 atom stereocenters. The van der Waals surface area contributed by atoms with Crippen molar-refractivity contribution in [1.29, 1.82) is 0 Å². The van der Waals surface area contributed by atoms with E-state index in [1.807, 2.05) is 6.07 Å². The molecule has 1 fully saturated rings. The molecular formula is C11H12ClNO. The van der Waals surface area contributed by atoms with Gasteiger partial charge in [-0.2, -0.15) is 0 Å². The molecule has 2 nitrogen and oxygen atoms in total. The van der Waals surface area contributed by atoms with Crippen molar-refractivity contribution < 1.29 is 4.74 Å². The lowest BCUT2D eigenvalue weighted by Gasteiger charge is -2.20. The van der Waals surface area contributed by atoms with Gasteiger partial charge in [0.1, 0.15) is 0 Å². The van der Waals surface area contributed by atoms with E-state index in [2.05, 4.69) is 17.4 Å². The van der Waals surface area contributed by atoms with Gasteiger partial charge in [0.25, 0.3) is 0 Å². The molecule has 1 aromatic rings. The summed E-state index contributed by atoms with van der Waals surface area (Å²) in [6.45, 7) is 2.68. The van der Waals surface area contributed by atoms with Crippen molar-refractivity contribution in [1.82, 2.24) is 0 Å². The van der Waals surface area contributed by atoms with Gasteiger partial charge in [-0.3, -0.25) is 0 Å². The highest BCUT2D eigenvalue weighted by Gasteiger charge is 2.42. The minimum atomic E-state index is 0.195. The van der Waals surface area contributed by atoms with Crippen molar-refractivity contribution in [3.8, 4) is 0 Å². The summed E-state index contributed by atoms with van der Waals surface area (Å²) in [7, 11) is 0. The minimum Gasteiger partial charge on any atom is -0.384 e. The SMILES string of the molecule is Clc1ccc2c(c1)C1(CCOC1)CN2. The molecule has 0 aliphatic carbocycles. The normalized spacial score (nSPS) is 29.2. The highest BCUT2D eigenvalue weighted by atomic mass is 35.5. The first-order valence-electron chi connectivity index (χ1n) is 4.92. The van der Waals surface area contributed by atoms with E-state index < -0.39 is 0 Å². The Morgan fingerprint density at radius 1 is 1.43 bits per heavy atom. The van der Waals surface area contributed by atoms with Crippen LogP contribution in [0.2, 0.25) is 5.02 Å². The van der Waals surface area contributed by atoms with Gasteiger partial charge in [0.05, 0.1) is 6.61 Å². The fourth-order valence-corrected chi connectivity index (χ4v) is 2.60. The molecule has 14 heavy (non-hydrogen) atoms. The molecule has 0 radical (unpaired) electrons. The van der Waals surface area contributed by atoms with Gasteiger partial charge in [-0.05, 0) is 30.2 Å². The average molecular weight is 210 g/mol. The van der Waals surface area contributed by atoms with E-state index in [9.17, 15) is 0 Å². The van der Waals surface area contributed by atoms with Crippen molar-refractivity contribution >= 4 is 17.3 Å². The van der Waals surface area contributed by atoms with Crippen molar-refractivity contribution in [2.75, 3.05) is 25.1 Å². The summed E-state index contributed by atoms with van der Waals surface area (Å²) >= 11 is 6.02. The van der Waals surface area contributed by atoms with Crippen molar-refractivity contribution in [3.63, 3.8) is 0 Å². The molecule has 2 heterocycles. The maximum absolute atomic E-state index is 6.02. The lowest BCUT2D eigenvalue weighted by Crippen LogP contribution is -2.28. The van der Waals surface area contributed by atoms with Gasteiger partial charge in [-0.25, -0.2) is 0 Å². The molecule has 74 valence electrons. The highest BCUT2D eigenvalue weighted by molar-refractivity contribution is 6.30. The van der Waals surface area contributed by atoms with Crippen molar-refractivity contribution in [2.24, 2.45) is 0 Å². The number of halogens is 1. The van der Waals surface area contributed by atoms with E-state index >= 15 is 0 Å². The van der Waals surface area contributed by atoms with Crippen LogP contribution < -0.4 is 5.32 Å². The fraction of sp³-hybridized carbons (Fsp3) is 0.455. The first kappa shape index (κ1) is 8.57. The van der Waals surface area contributed by atoms with Crippen molar-refractivity contribution in [3.05, 3.63) is 28.8 Å². The molecule has 1 saturated heterocycles. The number of hydrogen-bond donors (Lipinski definition) is 1. The van der Waals surface area contributed by atoms with E-state index in [-0.39, 0.29) is 5.41 Å². The zero-order valence-corrected chi connectivity index (χ0v) is 8.60. The maximum atomic E-state index is 6.02. The summed E-state index contributed by atoms with van der Waals surface area (Å²) in [4.78, 5) is 0. The van der Waals surface area contributed by atoms with Gasteiger partial charge in [0, 0.05) is 29.3 Å². The topological polar surface area (TPSA) is 21.3 Å². The molecule has 0 saturated carbocycles. The summed E-state index contributed by atoms with van der Waals surface area (Å²) in [6, 6.07) is 6.07. The Morgan fingerprint density at radius 2 is 2.36 bits per heavy atom. The number of fused-ring (bicyclic) bond motifs is 2. The smallest absolute Gasteiger partial charge is 0.0581 e. The summed E-state index contributed by atoms with van der Waals surface area (Å²) in [6.07, 6.45) is 1.10. The van der Waals surface area contributed by atoms with Gasteiger partial charge >= 0.3 is 0 Å². The van der Waals surface area contributed by atoms with Gasteiger partial charge in [0.15, 0.2) is 0 Å². The first-order chi connectivity index (χ1) is 6.80. The summed E-state index contributed by atoms with van der Waals surface area (Å²) < 4.78 is 5.50. The number of nitrogens with one attached hydrogen (secondary N) is 1. The van der Waals surface area contributed by atoms with E-state index in [0.29, 0.717) is 0 Å². The number of ether oxygens (including phenoxy) is 1. The van der Waals surface area contributed by atoms with Crippen LogP contribution in [-0.2, 0) is 10.2 Å². The average Bonchev–Trinajstić information content (AvgIpc) is 2.77. The highest BCUT2D eigenvalue weighted by Crippen LogP contribution is 2.43. The largest absolute Gasteiger partial charge is 0.384 e. The first-order valence-corrected chi connectivity index (χ1v) is 5.30. The van der Waals surface area contributed by atoms with Crippen LogP contribution in [0.25, 0.3) is 0 Å². The minimum absolute atomic E-state index is 0.195.